The molecule has 1 aromatic rings. The summed E-state index contributed by atoms with van der Waals surface area (Å²) >= 11 is 0. The van der Waals surface area contributed by atoms with E-state index in [4.69, 9.17) is 0 Å². The Labute approximate surface area is 117 Å². The van der Waals surface area contributed by atoms with Crippen molar-refractivity contribution in [2.24, 2.45) is 0 Å². The van der Waals surface area contributed by atoms with Crippen LogP contribution in [0.2, 0.25) is 0 Å². The van der Waals surface area contributed by atoms with Crippen molar-refractivity contribution in [2.75, 3.05) is 25.0 Å². The lowest BCUT2D eigenvalue weighted by Crippen LogP contribution is -2.41. The average Bonchev–Trinajstić information content (AvgIpc) is 2.83. The molecule has 3 N–H and O–H groups in total. The van der Waals surface area contributed by atoms with Crippen LogP contribution >= 0.6 is 0 Å². The highest BCUT2D eigenvalue weighted by atomic mass is 16.3. The van der Waals surface area contributed by atoms with Crippen LogP contribution in [0, 0.1) is 0 Å². The van der Waals surface area contributed by atoms with Crippen molar-refractivity contribution >= 4 is 17.6 Å². The summed E-state index contributed by atoms with van der Waals surface area (Å²) in [5.74, 6) is 0.0674. The van der Waals surface area contributed by atoms with E-state index in [1.165, 1.54) is 0 Å². The quantitative estimate of drug-likeness (QED) is 0.744. The number of β-amino-alcohol motifs (C(OH)–C–C–N with tert-alkyl or cyclic N) is 1. The number of carbonyl (C=O) groups excluding carboxylic acids is 2. The van der Waals surface area contributed by atoms with Crippen molar-refractivity contribution in [3.05, 3.63) is 30.3 Å². The molecule has 6 heteroatoms. The van der Waals surface area contributed by atoms with Crippen molar-refractivity contribution in [2.45, 2.75) is 18.9 Å². The zero-order valence-electron chi connectivity index (χ0n) is 11.2. The van der Waals surface area contributed by atoms with Gasteiger partial charge in [-0.2, -0.15) is 0 Å². The summed E-state index contributed by atoms with van der Waals surface area (Å²) in [6.07, 6.45) is 0.640. The van der Waals surface area contributed by atoms with Gasteiger partial charge in [-0.15, -0.1) is 0 Å². The molecule has 3 amide bonds. The van der Waals surface area contributed by atoms with Gasteiger partial charge < -0.3 is 20.6 Å². The molecule has 1 aromatic carbocycles. The largest absolute Gasteiger partial charge is 0.389 e. The number of hydrogen-bond acceptors (Lipinski definition) is 3. The predicted molar refractivity (Wildman–Crippen MR) is 75.3 cm³/mol. The number of anilines is 1. The Morgan fingerprint density at radius 1 is 1.35 bits per heavy atom. The van der Waals surface area contributed by atoms with Crippen molar-refractivity contribution in [3.63, 3.8) is 0 Å². The van der Waals surface area contributed by atoms with Gasteiger partial charge in [0.15, 0.2) is 0 Å². The molecule has 1 heterocycles. The first-order chi connectivity index (χ1) is 9.65. The summed E-state index contributed by atoms with van der Waals surface area (Å²) in [7, 11) is 0. The molecule has 1 unspecified atom stereocenters. The number of rotatable bonds is 5. The van der Waals surface area contributed by atoms with Crippen LogP contribution in [0.5, 0.6) is 0 Å². The summed E-state index contributed by atoms with van der Waals surface area (Å²) in [6, 6.07) is 8.69. The van der Waals surface area contributed by atoms with E-state index in [1.54, 1.807) is 17.0 Å². The minimum absolute atomic E-state index is 0.0674. The second-order valence-corrected chi connectivity index (χ2v) is 4.80. The fourth-order valence-electron chi connectivity index (χ4n) is 2.12. The average molecular weight is 277 g/mol. The van der Waals surface area contributed by atoms with Gasteiger partial charge in [0, 0.05) is 31.7 Å². The maximum absolute atomic E-state index is 11.6. The Balaban J connectivity index is 1.69. The SMILES string of the molecule is O=C(NCC(O)CN1CCCC1=O)Nc1ccccc1. The van der Waals surface area contributed by atoms with E-state index in [0.29, 0.717) is 18.7 Å². The summed E-state index contributed by atoms with van der Waals surface area (Å²) in [4.78, 5) is 24.6. The molecule has 2 rings (SSSR count). The highest BCUT2D eigenvalue weighted by Crippen LogP contribution is 2.09. The van der Waals surface area contributed by atoms with Gasteiger partial charge in [-0.3, -0.25) is 4.79 Å². The Morgan fingerprint density at radius 3 is 2.75 bits per heavy atom. The van der Waals surface area contributed by atoms with E-state index in [0.717, 1.165) is 6.42 Å². The lowest BCUT2D eigenvalue weighted by molar-refractivity contribution is -0.128. The topological polar surface area (TPSA) is 81.7 Å². The third-order valence-electron chi connectivity index (χ3n) is 3.13. The highest BCUT2D eigenvalue weighted by Gasteiger charge is 2.22. The number of aliphatic hydroxyl groups is 1. The van der Waals surface area contributed by atoms with Gasteiger partial charge in [-0.25, -0.2) is 4.79 Å². The predicted octanol–water partition coefficient (Wildman–Crippen LogP) is 0.791. The fourth-order valence-corrected chi connectivity index (χ4v) is 2.12. The maximum atomic E-state index is 11.6. The summed E-state index contributed by atoms with van der Waals surface area (Å²) in [5, 5.41) is 15.0. The van der Waals surface area contributed by atoms with Crippen molar-refractivity contribution in [1.82, 2.24) is 10.2 Å². The lowest BCUT2D eigenvalue weighted by Gasteiger charge is -2.20. The van der Waals surface area contributed by atoms with Gasteiger partial charge >= 0.3 is 6.03 Å². The molecular formula is C14H19N3O3. The third-order valence-corrected chi connectivity index (χ3v) is 3.13. The Morgan fingerprint density at radius 2 is 2.10 bits per heavy atom. The van der Waals surface area contributed by atoms with Gasteiger partial charge in [0.2, 0.25) is 5.91 Å². The number of para-hydroxylation sites is 1. The van der Waals surface area contributed by atoms with Crippen LogP contribution in [0.1, 0.15) is 12.8 Å². The number of urea groups is 1. The van der Waals surface area contributed by atoms with Crippen molar-refractivity contribution in [3.8, 4) is 0 Å². The van der Waals surface area contributed by atoms with Crippen molar-refractivity contribution < 1.29 is 14.7 Å². The molecule has 108 valence electrons. The Hall–Kier alpha value is -2.08. The molecule has 0 spiro atoms. The van der Waals surface area contributed by atoms with Crippen LogP contribution in [0.3, 0.4) is 0 Å². The van der Waals surface area contributed by atoms with Gasteiger partial charge in [-0.05, 0) is 18.6 Å². The standard InChI is InChI=1S/C14H19N3O3/c18-12(10-17-8-4-7-13(17)19)9-15-14(20)16-11-5-2-1-3-6-11/h1-3,5-6,12,18H,4,7-10H2,(H2,15,16,20). The molecule has 0 saturated carbocycles. The second-order valence-electron chi connectivity index (χ2n) is 4.80. The summed E-state index contributed by atoms with van der Waals surface area (Å²) in [5.41, 5.74) is 0.689. The lowest BCUT2D eigenvalue weighted by atomic mass is 10.3. The van der Waals surface area contributed by atoms with Gasteiger partial charge in [0.25, 0.3) is 0 Å². The van der Waals surface area contributed by atoms with Crippen LogP contribution in [0.4, 0.5) is 10.5 Å². The number of nitrogens with one attached hydrogen (secondary N) is 2. The van der Waals surface area contributed by atoms with E-state index >= 15 is 0 Å². The molecule has 0 radical (unpaired) electrons. The second kappa shape index (κ2) is 6.91. The monoisotopic (exact) mass is 277 g/mol. The molecule has 1 aliphatic heterocycles. The van der Waals surface area contributed by atoms with Gasteiger partial charge in [-0.1, -0.05) is 18.2 Å². The number of aliphatic hydroxyl groups excluding tert-OH is 1. The molecule has 1 fully saturated rings. The normalized spacial score (nSPS) is 16.1. The first-order valence-corrected chi connectivity index (χ1v) is 6.71. The summed E-state index contributed by atoms with van der Waals surface area (Å²) in [6.45, 7) is 1.07. The molecule has 20 heavy (non-hydrogen) atoms. The first-order valence-electron chi connectivity index (χ1n) is 6.71. The number of amides is 3. The summed E-state index contributed by atoms with van der Waals surface area (Å²) < 4.78 is 0. The maximum Gasteiger partial charge on any atom is 0.319 e. The smallest absolute Gasteiger partial charge is 0.319 e. The minimum atomic E-state index is -0.751. The van der Waals surface area contributed by atoms with Crippen LogP contribution < -0.4 is 10.6 Å². The van der Waals surface area contributed by atoms with Gasteiger partial charge in [0.05, 0.1) is 6.10 Å². The van der Waals surface area contributed by atoms with Gasteiger partial charge in [0.1, 0.15) is 0 Å². The first kappa shape index (κ1) is 14.3. The van der Waals surface area contributed by atoms with Crippen LogP contribution in [0.15, 0.2) is 30.3 Å². The van der Waals surface area contributed by atoms with E-state index in [2.05, 4.69) is 10.6 Å². The molecule has 0 aliphatic carbocycles. The number of nitrogens with zero attached hydrogens (tertiary/aromatic N) is 1. The number of likely N-dealkylation sites (tertiary alicyclic amines) is 1. The Bertz CT molecular complexity index is 464. The van der Waals surface area contributed by atoms with E-state index in [1.807, 2.05) is 18.2 Å². The zero-order valence-corrected chi connectivity index (χ0v) is 11.2. The van der Waals surface area contributed by atoms with Crippen LogP contribution in [-0.2, 0) is 4.79 Å². The Kier molecular flexibility index (Phi) is 4.95. The van der Waals surface area contributed by atoms with E-state index < -0.39 is 6.10 Å². The molecule has 1 atom stereocenters. The number of hydrogen-bond donors (Lipinski definition) is 3. The van der Waals surface area contributed by atoms with E-state index in [9.17, 15) is 14.7 Å². The molecule has 6 nitrogen and oxygen atoms in total. The molecule has 0 bridgehead atoms. The highest BCUT2D eigenvalue weighted by molar-refractivity contribution is 5.89. The zero-order chi connectivity index (χ0) is 14.4. The molecule has 0 aromatic heterocycles. The number of benzene rings is 1. The molecule has 1 saturated heterocycles. The fraction of sp³-hybridized carbons (Fsp3) is 0.429. The number of carbonyl (C=O) groups is 2. The van der Waals surface area contributed by atoms with E-state index in [-0.39, 0.29) is 25.0 Å². The van der Waals surface area contributed by atoms with Crippen LogP contribution in [0.25, 0.3) is 0 Å². The molecule has 1 aliphatic rings. The van der Waals surface area contributed by atoms with Crippen LogP contribution in [-0.4, -0.2) is 47.7 Å². The molecular weight excluding hydrogens is 258 g/mol. The minimum Gasteiger partial charge on any atom is -0.389 e. The van der Waals surface area contributed by atoms with Crippen molar-refractivity contribution in [1.29, 1.82) is 0 Å². The third kappa shape index (κ3) is 4.24.